The fraction of sp³-hybridized carbons (Fsp3) is 0.950. The molecule has 0 fully saturated rings. The summed E-state index contributed by atoms with van der Waals surface area (Å²) >= 11 is 0. The highest BCUT2D eigenvalue weighted by atomic mass is 14.3. The van der Waals surface area contributed by atoms with Gasteiger partial charge in [0, 0.05) is 5.92 Å². The van der Waals surface area contributed by atoms with E-state index in [1.165, 1.54) is 70.6 Å². The van der Waals surface area contributed by atoms with Crippen molar-refractivity contribution >= 4 is 0 Å². The molecule has 0 aromatic heterocycles. The van der Waals surface area contributed by atoms with Crippen molar-refractivity contribution in [1.82, 2.24) is 0 Å². The van der Waals surface area contributed by atoms with Gasteiger partial charge in [-0.1, -0.05) is 91.9 Å². The molecule has 0 amide bonds. The maximum absolute atomic E-state index is 2.50. The Bertz CT molecular complexity index is 180. The van der Waals surface area contributed by atoms with E-state index in [1.54, 1.807) is 0 Å². The molecule has 20 heavy (non-hydrogen) atoms. The van der Waals surface area contributed by atoms with E-state index in [0.29, 0.717) is 0 Å². The van der Waals surface area contributed by atoms with Crippen LogP contribution in [0.3, 0.4) is 0 Å². The van der Waals surface area contributed by atoms with Crippen LogP contribution in [0.5, 0.6) is 0 Å². The van der Waals surface area contributed by atoms with Crippen molar-refractivity contribution in [3.63, 3.8) is 0 Å². The molecule has 0 rings (SSSR count). The van der Waals surface area contributed by atoms with Gasteiger partial charge in [0.15, 0.2) is 0 Å². The zero-order chi connectivity index (χ0) is 15.2. The summed E-state index contributed by atoms with van der Waals surface area (Å²) in [5.41, 5.74) is 0. The third-order valence-electron chi connectivity index (χ3n) is 5.16. The van der Waals surface area contributed by atoms with Crippen LogP contribution in [0.15, 0.2) is 0 Å². The molecule has 0 bridgehead atoms. The zero-order valence-electron chi connectivity index (χ0n) is 15.1. The Labute approximate surface area is 130 Å². The SMILES string of the molecule is C[CH+]CC(C(C)CCCCCCCCC)C(CC)CC. The highest BCUT2D eigenvalue weighted by molar-refractivity contribution is 4.77. The highest BCUT2D eigenvalue weighted by Gasteiger charge is 2.26. The van der Waals surface area contributed by atoms with E-state index in [4.69, 9.17) is 0 Å². The van der Waals surface area contributed by atoms with Crippen LogP contribution in [0, 0.1) is 24.2 Å². The molecule has 0 radical (unpaired) electrons. The second-order valence-corrected chi connectivity index (χ2v) is 6.77. The standard InChI is InChI=1S/C20H41/c1-6-10-11-12-13-14-15-17-18(5)20(16-7-2)19(8-3)9-4/h7,18-20H,6,8-17H2,1-5H3/q+1. The molecule has 0 spiro atoms. The molecule has 0 aliphatic heterocycles. The topological polar surface area (TPSA) is 0 Å². The number of rotatable bonds is 14. The molecule has 0 heterocycles. The van der Waals surface area contributed by atoms with E-state index in [1.807, 2.05) is 0 Å². The predicted molar refractivity (Wildman–Crippen MR) is 93.9 cm³/mol. The Balaban J connectivity index is 3.86. The molecule has 2 atom stereocenters. The van der Waals surface area contributed by atoms with Gasteiger partial charge in [0.25, 0.3) is 0 Å². The normalized spacial score (nSPS) is 14.5. The van der Waals surface area contributed by atoms with Crippen molar-refractivity contribution in [3.05, 3.63) is 6.42 Å². The first-order valence-electron chi connectivity index (χ1n) is 9.48. The molecule has 0 heteroatoms. The summed E-state index contributed by atoms with van der Waals surface area (Å²) in [5.74, 6) is 2.77. The lowest BCUT2D eigenvalue weighted by Crippen LogP contribution is -2.21. The van der Waals surface area contributed by atoms with Crippen molar-refractivity contribution in [2.24, 2.45) is 17.8 Å². The number of hydrogen-bond donors (Lipinski definition) is 0. The molecule has 0 nitrogen and oxygen atoms in total. The maximum atomic E-state index is 2.50. The van der Waals surface area contributed by atoms with Crippen molar-refractivity contribution < 1.29 is 0 Å². The summed E-state index contributed by atoms with van der Waals surface area (Å²) in [4.78, 5) is 0. The maximum Gasteiger partial charge on any atom is 0.0905 e. The smallest absolute Gasteiger partial charge is 0.0654 e. The third kappa shape index (κ3) is 8.93. The van der Waals surface area contributed by atoms with Crippen LogP contribution < -0.4 is 0 Å². The minimum absolute atomic E-state index is 0.909. The zero-order valence-corrected chi connectivity index (χ0v) is 15.1. The second-order valence-electron chi connectivity index (χ2n) is 6.77. The van der Waals surface area contributed by atoms with Gasteiger partial charge in [-0.25, -0.2) is 0 Å². The summed E-state index contributed by atoms with van der Waals surface area (Å²) < 4.78 is 0. The van der Waals surface area contributed by atoms with Crippen LogP contribution in [-0.2, 0) is 0 Å². The van der Waals surface area contributed by atoms with Crippen LogP contribution >= 0.6 is 0 Å². The molecule has 0 saturated heterocycles. The number of hydrogen-bond acceptors (Lipinski definition) is 0. The van der Waals surface area contributed by atoms with Crippen molar-refractivity contribution in [2.45, 2.75) is 105 Å². The Morgan fingerprint density at radius 2 is 1.35 bits per heavy atom. The summed E-state index contributed by atoms with van der Waals surface area (Å²) in [6, 6.07) is 0. The predicted octanol–water partition coefficient (Wildman–Crippen LogP) is 7.43. The quantitative estimate of drug-likeness (QED) is 0.229. The van der Waals surface area contributed by atoms with E-state index in [9.17, 15) is 0 Å². The van der Waals surface area contributed by atoms with Crippen molar-refractivity contribution in [3.8, 4) is 0 Å². The fourth-order valence-corrected chi connectivity index (χ4v) is 3.69. The molecule has 0 aliphatic rings. The molecule has 0 N–H and O–H groups in total. The van der Waals surface area contributed by atoms with Gasteiger partial charge in [0.1, 0.15) is 0 Å². The molecular formula is C20H41+. The number of unbranched alkanes of at least 4 members (excludes halogenated alkanes) is 6. The monoisotopic (exact) mass is 281 g/mol. The van der Waals surface area contributed by atoms with Gasteiger partial charge < -0.3 is 0 Å². The average molecular weight is 282 g/mol. The third-order valence-corrected chi connectivity index (χ3v) is 5.16. The van der Waals surface area contributed by atoms with Crippen LogP contribution in [0.1, 0.15) is 105 Å². The largest absolute Gasteiger partial charge is 0.0905 e. The lowest BCUT2D eigenvalue weighted by Gasteiger charge is -2.28. The minimum atomic E-state index is 0.909. The van der Waals surface area contributed by atoms with Gasteiger partial charge in [-0.05, 0) is 11.8 Å². The highest BCUT2D eigenvalue weighted by Crippen LogP contribution is 2.33. The van der Waals surface area contributed by atoms with Gasteiger partial charge in [-0.15, -0.1) is 0 Å². The molecule has 0 aromatic carbocycles. The Morgan fingerprint density at radius 1 is 0.800 bits per heavy atom. The molecule has 2 unspecified atom stereocenters. The van der Waals surface area contributed by atoms with E-state index in [0.717, 1.165) is 17.8 Å². The Hall–Kier alpha value is -0.130. The van der Waals surface area contributed by atoms with Gasteiger partial charge in [0.2, 0.25) is 0 Å². The van der Waals surface area contributed by atoms with Crippen LogP contribution in [-0.4, -0.2) is 0 Å². The van der Waals surface area contributed by atoms with E-state index in [-0.39, 0.29) is 0 Å². The Morgan fingerprint density at radius 3 is 1.85 bits per heavy atom. The fourth-order valence-electron chi connectivity index (χ4n) is 3.69. The van der Waals surface area contributed by atoms with Crippen LogP contribution in [0.4, 0.5) is 0 Å². The summed E-state index contributed by atoms with van der Waals surface area (Å²) in [6.07, 6.45) is 18.0. The molecule has 0 saturated carbocycles. The molecular weight excluding hydrogens is 240 g/mol. The summed E-state index contributed by atoms with van der Waals surface area (Å²) in [6.45, 7) is 11.8. The Kier molecular flexibility index (Phi) is 13.7. The molecule has 0 aliphatic carbocycles. The van der Waals surface area contributed by atoms with E-state index in [2.05, 4.69) is 41.0 Å². The first-order chi connectivity index (χ1) is 9.71. The lowest BCUT2D eigenvalue weighted by molar-refractivity contribution is 0.210. The minimum Gasteiger partial charge on any atom is -0.0654 e. The first kappa shape index (κ1) is 19.9. The summed E-state index contributed by atoms with van der Waals surface area (Å²) in [7, 11) is 0. The van der Waals surface area contributed by atoms with E-state index < -0.39 is 0 Å². The second kappa shape index (κ2) is 13.8. The van der Waals surface area contributed by atoms with Gasteiger partial charge >= 0.3 is 0 Å². The van der Waals surface area contributed by atoms with Gasteiger partial charge in [0.05, 0.1) is 19.8 Å². The van der Waals surface area contributed by atoms with Gasteiger partial charge in [-0.3, -0.25) is 0 Å². The van der Waals surface area contributed by atoms with Gasteiger partial charge in [-0.2, -0.15) is 0 Å². The van der Waals surface area contributed by atoms with Crippen molar-refractivity contribution in [1.29, 1.82) is 0 Å². The van der Waals surface area contributed by atoms with Crippen LogP contribution in [0.2, 0.25) is 0 Å². The van der Waals surface area contributed by atoms with E-state index >= 15 is 0 Å². The summed E-state index contributed by atoms with van der Waals surface area (Å²) in [5, 5.41) is 0. The molecule has 0 aromatic rings. The lowest BCUT2D eigenvalue weighted by atomic mass is 9.75. The molecule has 120 valence electrons. The first-order valence-corrected chi connectivity index (χ1v) is 9.48. The average Bonchev–Trinajstić information content (AvgIpc) is 2.46. The van der Waals surface area contributed by atoms with Crippen molar-refractivity contribution in [2.75, 3.05) is 0 Å². The van der Waals surface area contributed by atoms with Crippen LogP contribution in [0.25, 0.3) is 0 Å².